The van der Waals surface area contributed by atoms with Gasteiger partial charge < -0.3 is 15.2 Å². The Balaban J connectivity index is 1.37. The van der Waals surface area contributed by atoms with Gasteiger partial charge in [-0.2, -0.15) is 0 Å². The first kappa shape index (κ1) is 20.5. The second kappa shape index (κ2) is 7.65. The Morgan fingerprint density at radius 1 is 1.12 bits per heavy atom. The van der Waals surface area contributed by atoms with Crippen LogP contribution in [-0.4, -0.2) is 39.4 Å². The van der Waals surface area contributed by atoms with Gasteiger partial charge in [0.15, 0.2) is 0 Å². The molecule has 1 aromatic heterocycles. The highest BCUT2D eigenvalue weighted by Crippen LogP contribution is 2.38. The fourth-order valence-electron chi connectivity index (χ4n) is 5.46. The van der Waals surface area contributed by atoms with E-state index in [2.05, 4.69) is 34.3 Å². The van der Waals surface area contributed by atoms with E-state index in [0.717, 1.165) is 52.5 Å². The summed E-state index contributed by atoms with van der Waals surface area (Å²) >= 11 is 0. The summed E-state index contributed by atoms with van der Waals surface area (Å²) in [4.78, 5) is 39.5. The minimum atomic E-state index is -0.851. The van der Waals surface area contributed by atoms with Crippen LogP contribution in [-0.2, 0) is 16.1 Å². The second-order valence-corrected chi connectivity index (χ2v) is 8.98. The maximum Gasteiger partial charge on any atom is 0.325 e. The molecule has 1 saturated heterocycles. The second-order valence-electron chi connectivity index (χ2n) is 8.98. The fraction of sp³-hybridized carbons (Fsp3) is 0.400. The van der Waals surface area contributed by atoms with E-state index in [4.69, 9.17) is 0 Å². The van der Waals surface area contributed by atoms with Gasteiger partial charge in [0.05, 0.1) is 0 Å². The first-order valence-corrected chi connectivity index (χ1v) is 11.4. The molecule has 7 nitrogen and oxygen atoms in total. The molecule has 0 bridgehead atoms. The van der Waals surface area contributed by atoms with Gasteiger partial charge in [-0.3, -0.25) is 14.5 Å². The maximum atomic E-state index is 13.1. The number of fused-ring (bicyclic) bond motifs is 3. The lowest BCUT2D eigenvalue weighted by molar-refractivity contribution is -0.136. The van der Waals surface area contributed by atoms with Crippen LogP contribution in [0.4, 0.5) is 10.5 Å². The Hall–Kier alpha value is -3.35. The molecule has 1 spiro atoms. The van der Waals surface area contributed by atoms with Gasteiger partial charge in [0.2, 0.25) is 5.91 Å². The van der Waals surface area contributed by atoms with Crippen molar-refractivity contribution >= 4 is 45.3 Å². The molecule has 1 aliphatic carbocycles. The van der Waals surface area contributed by atoms with Crippen molar-refractivity contribution in [3.05, 3.63) is 42.5 Å². The summed E-state index contributed by atoms with van der Waals surface area (Å²) in [7, 11) is 0. The van der Waals surface area contributed by atoms with Gasteiger partial charge in [-0.1, -0.05) is 38.0 Å². The minimum absolute atomic E-state index is 0.0686. The number of para-hydroxylation sites is 1. The number of nitrogens with zero attached hydrogens (tertiary/aromatic N) is 2. The third kappa shape index (κ3) is 3.06. The molecule has 2 aromatic carbocycles. The van der Waals surface area contributed by atoms with Gasteiger partial charge in [-0.15, -0.1) is 0 Å². The molecule has 2 unspecified atom stereocenters. The van der Waals surface area contributed by atoms with Crippen LogP contribution in [0.25, 0.3) is 21.8 Å². The Kier molecular flexibility index (Phi) is 4.92. The summed E-state index contributed by atoms with van der Waals surface area (Å²) in [6.07, 6.45) is 3.50. The minimum Gasteiger partial charge on any atom is -0.341 e. The zero-order chi connectivity index (χ0) is 22.5. The fourth-order valence-corrected chi connectivity index (χ4v) is 5.46. The van der Waals surface area contributed by atoms with Crippen molar-refractivity contribution in [3.8, 4) is 0 Å². The van der Waals surface area contributed by atoms with E-state index in [1.165, 1.54) is 0 Å². The molecule has 1 aliphatic heterocycles. The van der Waals surface area contributed by atoms with Crippen molar-refractivity contribution in [3.63, 3.8) is 0 Å². The number of carbonyl (C=O) groups excluding carboxylic acids is 3. The smallest absolute Gasteiger partial charge is 0.325 e. The number of rotatable bonds is 4. The van der Waals surface area contributed by atoms with Crippen LogP contribution >= 0.6 is 0 Å². The standard InChI is InChI=1S/C25H28N4O3/c1-3-28-20-10-5-4-9-18(20)19-14-17(11-12-21(19)28)26-22(30)15-29-23(31)25(27-24(29)32)13-7-6-8-16(25)2/h4-5,9-12,14,16H,3,6-8,13,15H2,1-2H3,(H,26,30)(H,27,32). The van der Waals surface area contributed by atoms with E-state index >= 15 is 0 Å². The summed E-state index contributed by atoms with van der Waals surface area (Å²) in [5, 5.41) is 7.96. The number of aromatic nitrogens is 1. The summed E-state index contributed by atoms with van der Waals surface area (Å²) < 4.78 is 2.24. The molecule has 7 heteroatoms. The number of nitrogens with one attached hydrogen (secondary N) is 2. The molecule has 2 fully saturated rings. The number of amides is 4. The molecule has 0 radical (unpaired) electrons. The number of aryl methyl sites for hydroxylation is 1. The van der Waals surface area contributed by atoms with Crippen LogP contribution in [0.15, 0.2) is 42.5 Å². The van der Waals surface area contributed by atoms with Crippen LogP contribution in [0.1, 0.15) is 39.5 Å². The first-order valence-electron chi connectivity index (χ1n) is 11.4. The van der Waals surface area contributed by atoms with Gasteiger partial charge >= 0.3 is 6.03 Å². The molecule has 2 aliphatic rings. The van der Waals surface area contributed by atoms with Crippen molar-refractivity contribution in [2.45, 2.75) is 51.6 Å². The highest BCUT2D eigenvalue weighted by molar-refractivity contribution is 6.12. The van der Waals surface area contributed by atoms with Gasteiger partial charge in [0.25, 0.3) is 5.91 Å². The average molecular weight is 433 g/mol. The van der Waals surface area contributed by atoms with E-state index in [1.807, 2.05) is 37.3 Å². The lowest BCUT2D eigenvalue weighted by Crippen LogP contribution is -2.54. The van der Waals surface area contributed by atoms with E-state index in [-0.39, 0.29) is 24.3 Å². The lowest BCUT2D eigenvalue weighted by atomic mass is 9.73. The molecular weight excluding hydrogens is 404 g/mol. The molecule has 4 amide bonds. The normalized spacial score (nSPS) is 23.3. The predicted molar refractivity (Wildman–Crippen MR) is 124 cm³/mol. The number of urea groups is 1. The quantitative estimate of drug-likeness (QED) is 0.605. The molecule has 2 N–H and O–H groups in total. The zero-order valence-corrected chi connectivity index (χ0v) is 18.5. The molecular formula is C25H28N4O3. The van der Waals surface area contributed by atoms with Crippen molar-refractivity contribution < 1.29 is 14.4 Å². The van der Waals surface area contributed by atoms with Crippen LogP contribution in [0.5, 0.6) is 0 Å². The number of hydrogen-bond donors (Lipinski definition) is 2. The van der Waals surface area contributed by atoms with Crippen LogP contribution < -0.4 is 10.6 Å². The SMILES string of the molecule is CCn1c2ccccc2c2cc(NC(=O)CN3C(=O)NC4(CCCCC4C)C3=O)ccc21. The van der Waals surface area contributed by atoms with Crippen LogP contribution in [0.3, 0.4) is 0 Å². The van der Waals surface area contributed by atoms with Crippen LogP contribution in [0, 0.1) is 5.92 Å². The maximum absolute atomic E-state index is 13.1. The Labute approximate surface area is 186 Å². The van der Waals surface area contributed by atoms with Crippen molar-refractivity contribution in [1.82, 2.24) is 14.8 Å². The third-order valence-corrected chi connectivity index (χ3v) is 7.18. The number of imide groups is 1. The number of anilines is 1. The Morgan fingerprint density at radius 2 is 1.91 bits per heavy atom. The van der Waals surface area contributed by atoms with Crippen molar-refractivity contribution in [2.75, 3.05) is 11.9 Å². The Morgan fingerprint density at radius 3 is 2.69 bits per heavy atom. The van der Waals surface area contributed by atoms with E-state index in [0.29, 0.717) is 12.1 Å². The van der Waals surface area contributed by atoms with Gasteiger partial charge in [0, 0.05) is 34.0 Å². The summed E-state index contributed by atoms with van der Waals surface area (Å²) in [5.41, 5.74) is 2.05. The van der Waals surface area contributed by atoms with Crippen molar-refractivity contribution in [1.29, 1.82) is 0 Å². The summed E-state index contributed by atoms with van der Waals surface area (Å²) in [5.74, 6) is -0.585. The number of benzene rings is 2. The van der Waals surface area contributed by atoms with Gasteiger partial charge in [-0.05, 0) is 49.9 Å². The molecule has 2 heterocycles. The topological polar surface area (TPSA) is 83.4 Å². The average Bonchev–Trinajstić information content (AvgIpc) is 3.23. The molecule has 166 valence electrons. The molecule has 3 aromatic rings. The third-order valence-electron chi connectivity index (χ3n) is 7.18. The molecule has 32 heavy (non-hydrogen) atoms. The highest BCUT2D eigenvalue weighted by Gasteiger charge is 2.55. The Bertz CT molecular complexity index is 1250. The molecule has 1 saturated carbocycles. The first-order chi connectivity index (χ1) is 15.4. The van der Waals surface area contributed by atoms with Crippen molar-refractivity contribution in [2.24, 2.45) is 5.92 Å². The van der Waals surface area contributed by atoms with Gasteiger partial charge in [-0.25, -0.2) is 4.79 Å². The van der Waals surface area contributed by atoms with E-state index < -0.39 is 11.6 Å². The highest BCUT2D eigenvalue weighted by atomic mass is 16.2. The summed E-state index contributed by atoms with van der Waals surface area (Å²) in [6.45, 7) is 4.68. The van der Waals surface area contributed by atoms with E-state index in [9.17, 15) is 14.4 Å². The largest absolute Gasteiger partial charge is 0.341 e. The molecule has 2 atom stereocenters. The lowest BCUT2D eigenvalue weighted by Gasteiger charge is -2.36. The number of hydrogen-bond acceptors (Lipinski definition) is 3. The van der Waals surface area contributed by atoms with E-state index in [1.54, 1.807) is 0 Å². The predicted octanol–water partition coefficient (Wildman–Crippen LogP) is 4.25. The van der Waals surface area contributed by atoms with Crippen LogP contribution in [0.2, 0.25) is 0 Å². The number of carbonyl (C=O) groups is 3. The van der Waals surface area contributed by atoms with Gasteiger partial charge in [0.1, 0.15) is 12.1 Å². The molecule has 5 rings (SSSR count). The zero-order valence-electron chi connectivity index (χ0n) is 18.5. The monoisotopic (exact) mass is 432 g/mol. The summed E-state index contributed by atoms with van der Waals surface area (Å²) in [6, 6.07) is 13.5.